The average Bonchev–Trinajstić information content (AvgIpc) is 2.47. The smallest absolute Gasteiger partial charge is 0.148 e. The van der Waals surface area contributed by atoms with Gasteiger partial charge in [-0.15, -0.1) is 0 Å². The summed E-state index contributed by atoms with van der Waals surface area (Å²) >= 11 is 0. The van der Waals surface area contributed by atoms with Gasteiger partial charge in [0.1, 0.15) is 11.6 Å². The van der Waals surface area contributed by atoms with E-state index in [0.29, 0.717) is 0 Å². The number of nitrogens with zero attached hydrogens (tertiary/aromatic N) is 2. The van der Waals surface area contributed by atoms with Crippen molar-refractivity contribution < 1.29 is 4.74 Å². The first-order valence-corrected chi connectivity index (χ1v) is 6.23. The third-order valence-corrected chi connectivity index (χ3v) is 3.21. The van der Waals surface area contributed by atoms with Crippen LogP contribution in [-0.4, -0.2) is 24.1 Å². The molecule has 0 spiro atoms. The first-order chi connectivity index (χ1) is 9.06. The van der Waals surface area contributed by atoms with Crippen LogP contribution in [-0.2, 0) is 5.54 Å². The van der Waals surface area contributed by atoms with Crippen molar-refractivity contribution in [3.05, 3.63) is 42.4 Å². The fourth-order valence-electron chi connectivity index (χ4n) is 1.71. The molecule has 0 saturated heterocycles. The number of benzene rings is 1. The average molecular weight is 257 g/mol. The monoisotopic (exact) mass is 257 g/mol. The van der Waals surface area contributed by atoms with Gasteiger partial charge >= 0.3 is 0 Å². The molecule has 100 valence electrons. The molecule has 1 heterocycles. The molecule has 0 saturated carbocycles. The van der Waals surface area contributed by atoms with Gasteiger partial charge in [-0.25, -0.2) is 9.97 Å². The van der Waals surface area contributed by atoms with Crippen molar-refractivity contribution in [3.63, 3.8) is 0 Å². The molecule has 0 bridgehead atoms. The van der Waals surface area contributed by atoms with Gasteiger partial charge in [0.05, 0.1) is 18.3 Å². The molecule has 0 unspecified atom stereocenters. The maximum Gasteiger partial charge on any atom is 0.148 e. The number of hydrogen-bond acceptors (Lipinski definition) is 4. The third-order valence-electron chi connectivity index (χ3n) is 3.21. The van der Waals surface area contributed by atoms with E-state index in [1.54, 1.807) is 13.3 Å². The van der Waals surface area contributed by atoms with Gasteiger partial charge in [0.25, 0.3) is 0 Å². The van der Waals surface area contributed by atoms with Crippen molar-refractivity contribution in [2.45, 2.75) is 19.4 Å². The van der Waals surface area contributed by atoms with Gasteiger partial charge < -0.3 is 10.1 Å². The van der Waals surface area contributed by atoms with Crippen LogP contribution >= 0.6 is 0 Å². The van der Waals surface area contributed by atoms with Crippen molar-refractivity contribution in [1.82, 2.24) is 15.3 Å². The molecular formula is C15H19N3O. The van der Waals surface area contributed by atoms with E-state index in [1.807, 2.05) is 37.4 Å². The summed E-state index contributed by atoms with van der Waals surface area (Å²) < 4.78 is 5.24. The number of aromatic nitrogens is 2. The topological polar surface area (TPSA) is 47.0 Å². The molecule has 4 heteroatoms. The highest BCUT2D eigenvalue weighted by atomic mass is 16.5. The van der Waals surface area contributed by atoms with Crippen LogP contribution in [0.15, 0.2) is 36.5 Å². The Morgan fingerprint density at radius 3 is 2.68 bits per heavy atom. The summed E-state index contributed by atoms with van der Waals surface area (Å²) in [5.74, 6) is 1.60. The molecule has 1 aromatic heterocycles. The molecule has 2 aromatic rings. The SMILES string of the molecule is CNC(C)(C)c1nccc(-c2cccc(OC)c2)n1. The van der Waals surface area contributed by atoms with E-state index in [0.717, 1.165) is 22.8 Å². The van der Waals surface area contributed by atoms with Crippen LogP contribution in [0.1, 0.15) is 19.7 Å². The molecule has 2 rings (SSSR count). The molecule has 0 fully saturated rings. The number of rotatable bonds is 4. The quantitative estimate of drug-likeness (QED) is 0.914. The molecule has 0 aliphatic carbocycles. The van der Waals surface area contributed by atoms with Crippen LogP contribution in [0, 0.1) is 0 Å². The fourth-order valence-corrected chi connectivity index (χ4v) is 1.71. The van der Waals surface area contributed by atoms with E-state index < -0.39 is 0 Å². The molecule has 1 N–H and O–H groups in total. The molecule has 1 aromatic carbocycles. The lowest BCUT2D eigenvalue weighted by Gasteiger charge is -2.22. The van der Waals surface area contributed by atoms with Crippen molar-refractivity contribution >= 4 is 0 Å². The second-order valence-electron chi connectivity index (χ2n) is 4.87. The lowest BCUT2D eigenvalue weighted by molar-refractivity contribution is 0.414. The minimum atomic E-state index is -0.255. The summed E-state index contributed by atoms with van der Waals surface area (Å²) in [6.45, 7) is 4.11. The molecule has 19 heavy (non-hydrogen) atoms. The first-order valence-electron chi connectivity index (χ1n) is 6.23. The predicted molar refractivity (Wildman–Crippen MR) is 76.1 cm³/mol. The summed E-state index contributed by atoms with van der Waals surface area (Å²) in [6.07, 6.45) is 1.79. The minimum absolute atomic E-state index is 0.255. The van der Waals surface area contributed by atoms with Crippen molar-refractivity contribution in [2.24, 2.45) is 0 Å². The minimum Gasteiger partial charge on any atom is -0.497 e. The van der Waals surface area contributed by atoms with Gasteiger partial charge in [0, 0.05) is 11.8 Å². The maximum atomic E-state index is 5.24. The Kier molecular flexibility index (Phi) is 3.81. The first kappa shape index (κ1) is 13.5. The Labute approximate surface area is 113 Å². The Morgan fingerprint density at radius 2 is 2.00 bits per heavy atom. The lowest BCUT2D eigenvalue weighted by Crippen LogP contribution is -2.35. The lowest BCUT2D eigenvalue weighted by atomic mass is 10.0. The third kappa shape index (κ3) is 2.90. The molecule has 0 radical (unpaired) electrons. The zero-order valence-electron chi connectivity index (χ0n) is 11.8. The number of nitrogens with one attached hydrogen (secondary N) is 1. The van der Waals surface area contributed by atoms with Crippen LogP contribution < -0.4 is 10.1 Å². The second-order valence-corrected chi connectivity index (χ2v) is 4.87. The second kappa shape index (κ2) is 5.36. The summed E-state index contributed by atoms with van der Waals surface area (Å²) in [7, 11) is 3.57. The van der Waals surface area contributed by atoms with Crippen LogP contribution in [0.2, 0.25) is 0 Å². The van der Waals surface area contributed by atoms with E-state index >= 15 is 0 Å². The van der Waals surface area contributed by atoms with E-state index in [9.17, 15) is 0 Å². The zero-order valence-corrected chi connectivity index (χ0v) is 11.8. The molecule has 4 nitrogen and oxygen atoms in total. The molecule has 0 atom stereocenters. The van der Waals surface area contributed by atoms with Crippen LogP contribution in [0.5, 0.6) is 5.75 Å². The van der Waals surface area contributed by atoms with Gasteiger partial charge in [0.15, 0.2) is 0 Å². The van der Waals surface area contributed by atoms with Gasteiger partial charge in [0.2, 0.25) is 0 Å². The van der Waals surface area contributed by atoms with Crippen molar-refractivity contribution in [3.8, 4) is 17.0 Å². The highest BCUT2D eigenvalue weighted by molar-refractivity contribution is 5.60. The molecular weight excluding hydrogens is 238 g/mol. The molecule has 0 amide bonds. The maximum absolute atomic E-state index is 5.24. The van der Waals surface area contributed by atoms with Gasteiger partial charge in [-0.05, 0) is 39.1 Å². The van der Waals surface area contributed by atoms with E-state index in [1.165, 1.54) is 0 Å². The normalized spacial score (nSPS) is 11.4. The van der Waals surface area contributed by atoms with E-state index in [-0.39, 0.29) is 5.54 Å². The Bertz CT molecular complexity index is 567. The van der Waals surface area contributed by atoms with Crippen LogP contribution in [0.25, 0.3) is 11.3 Å². The summed E-state index contributed by atoms with van der Waals surface area (Å²) in [5, 5.41) is 3.21. The standard InChI is InChI=1S/C15H19N3O/c1-15(2,16-3)14-17-9-8-13(18-14)11-6-5-7-12(10-11)19-4/h5-10,16H,1-4H3. The van der Waals surface area contributed by atoms with Gasteiger partial charge in [-0.2, -0.15) is 0 Å². The highest BCUT2D eigenvalue weighted by Crippen LogP contribution is 2.23. The molecule has 0 aliphatic rings. The number of methoxy groups -OCH3 is 1. The summed E-state index contributed by atoms with van der Waals surface area (Å²) in [6, 6.07) is 9.77. The van der Waals surface area contributed by atoms with Crippen LogP contribution in [0.3, 0.4) is 0 Å². The Morgan fingerprint density at radius 1 is 1.21 bits per heavy atom. The highest BCUT2D eigenvalue weighted by Gasteiger charge is 2.21. The number of ether oxygens (including phenoxy) is 1. The largest absolute Gasteiger partial charge is 0.497 e. The molecule has 0 aliphatic heterocycles. The summed E-state index contributed by atoms with van der Waals surface area (Å²) in [5.41, 5.74) is 1.66. The number of hydrogen-bond donors (Lipinski definition) is 1. The summed E-state index contributed by atoms with van der Waals surface area (Å²) in [4.78, 5) is 8.98. The van der Waals surface area contributed by atoms with Gasteiger partial charge in [-0.1, -0.05) is 12.1 Å². The predicted octanol–water partition coefficient (Wildman–Crippen LogP) is 2.61. The van der Waals surface area contributed by atoms with Crippen molar-refractivity contribution in [1.29, 1.82) is 0 Å². The zero-order chi connectivity index (χ0) is 13.9. The van der Waals surface area contributed by atoms with Gasteiger partial charge in [-0.3, -0.25) is 0 Å². The fraction of sp³-hybridized carbons (Fsp3) is 0.333. The van der Waals surface area contributed by atoms with E-state index in [4.69, 9.17) is 4.74 Å². The van der Waals surface area contributed by atoms with Crippen molar-refractivity contribution in [2.75, 3.05) is 14.2 Å². The Balaban J connectivity index is 2.43. The Hall–Kier alpha value is -1.94. The van der Waals surface area contributed by atoms with Crippen LogP contribution in [0.4, 0.5) is 0 Å². The van der Waals surface area contributed by atoms with E-state index in [2.05, 4.69) is 29.1 Å².